The van der Waals surface area contributed by atoms with Gasteiger partial charge in [0.15, 0.2) is 0 Å². The van der Waals surface area contributed by atoms with Crippen LogP contribution in [0.25, 0.3) is 11.4 Å². The lowest BCUT2D eigenvalue weighted by Gasteiger charge is -2.39. The van der Waals surface area contributed by atoms with E-state index in [4.69, 9.17) is 0 Å². The van der Waals surface area contributed by atoms with Crippen LogP contribution in [0.1, 0.15) is 30.7 Å². The number of nitrogens with zero attached hydrogens (tertiary/aromatic N) is 3. The predicted octanol–water partition coefficient (Wildman–Crippen LogP) is 1.53. The van der Waals surface area contributed by atoms with Crippen LogP contribution < -0.4 is 16.2 Å². The molecule has 1 aliphatic carbocycles. The molecule has 2 saturated heterocycles. The first-order valence-electron chi connectivity index (χ1n) is 9.09. The smallest absolute Gasteiger partial charge is 0.141 e. The summed E-state index contributed by atoms with van der Waals surface area (Å²) in [6.07, 6.45) is 7.46. The maximum atomic E-state index is 13.3. The van der Waals surface area contributed by atoms with Crippen LogP contribution in [0, 0.1) is 17.7 Å². The highest BCUT2D eigenvalue weighted by atomic mass is 19.1. The lowest BCUT2D eigenvalue weighted by atomic mass is 9.76. The first-order valence-corrected chi connectivity index (χ1v) is 9.09. The molecule has 132 valence electrons. The van der Waals surface area contributed by atoms with Gasteiger partial charge in [0.1, 0.15) is 11.5 Å². The zero-order chi connectivity index (χ0) is 17.0. The average molecular weight is 342 g/mol. The Labute approximate surface area is 146 Å². The molecule has 0 amide bonds. The van der Waals surface area contributed by atoms with Crippen molar-refractivity contribution in [1.29, 1.82) is 0 Å². The Balaban J connectivity index is 1.53. The Hall–Kier alpha value is -1.83. The molecule has 0 radical (unpaired) electrons. The van der Waals surface area contributed by atoms with Crippen LogP contribution in [0.5, 0.6) is 0 Å². The standard InChI is InChI=1S/C18H23FN6/c1-25-9-14(17(24-25)15-5-4-11(19)7-20-15)12-6-16(10-2-3-10)22-18-13(12)8-21-23-18/h4-5,7,9-10,12-13,16,18,21-23H,2-3,6,8H2,1H3. The molecule has 0 spiro atoms. The third-order valence-corrected chi connectivity index (χ3v) is 5.86. The number of nitrogens with one attached hydrogen (secondary N) is 3. The topological polar surface area (TPSA) is 66.8 Å². The Morgan fingerprint density at radius 1 is 1.28 bits per heavy atom. The summed E-state index contributed by atoms with van der Waals surface area (Å²) in [5, 5.41) is 8.44. The minimum atomic E-state index is -0.318. The quantitative estimate of drug-likeness (QED) is 0.789. The molecule has 2 aromatic heterocycles. The number of halogens is 1. The van der Waals surface area contributed by atoms with Crippen molar-refractivity contribution in [3.05, 3.63) is 35.9 Å². The van der Waals surface area contributed by atoms with Gasteiger partial charge < -0.3 is 0 Å². The number of hydrazine groups is 1. The molecule has 25 heavy (non-hydrogen) atoms. The van der Waals surface area contributed by atoms with Crippen molar-refractivity contribution in [3.63, 3.8) is 0 Å². The molecule has 7 heteroatoms. The van der Waals surface area contributed by atoms with Crippen LogP contribution >= 0.6 is 0 Å². The number of aromatic nitrogens is 3. The Morgan fingerprint density at radius 2 is 2.16 bits per heavy atom. The predicted molar refractivity (Wildman–Crippen MR) is 91.8 cm³/mol. The summed E-state index contributed by atoms with van der Waals surface area (Å²) >= 11 is 0. The van der Waals surface area contributed by atoms with Gasteiger partial charge in [-0.1, -0.05) is 0 Å². The molecule has 2 aliphatic heterocycles. The summed E-state index contributed by atoms with van der Waals surface area (Å²) in [5.74, 6) is 1.37. The van der Waals surface area contributed by atoms with Crippen LogP contribution in [0.15, 0.2) is 24.5 Å². The maximum Gasteiger partial charge on any atom is 0.141 e. The van der Waals surface area contributed by atoms with Crippen molar-refractivity contribution in [2.45, 2.75) is 37.4 Å². The summed E-state index contributed by atoms with van der Waals surface area (Å²) < 4.78 is 15.1. The van der Waals surface area contributed by atoms with Gasteiger partial charge >= 0.3 is 0 Å². The second-order valence-corrected chi connectivity index (χ2v) is 7.59. The van der Waals surface area contributed by atoms with Crippen molar-refractivity contribution < 1.29 is 4.39 Å². The van der Waals surface area contributed by atoms with Gasteiger partial charge in [-0.05, 0) is 43.2 Å². The first-order chi connectivity index (χ1) is 12.2. The van der Waals surface area contributed by atoms with E-state index in [-0.39, 0.29) is 5.82 Å². The fourth-order valence-corrected chi connectivity index (χ4v) is 4.48. The normalized spacial score (nSPS) is 31.9. The molecule has 6 nitrogen and oxygen atoms in total. The highest BCUT2D eigenvalue weighted by molar-refractivity contribution is 5.59. The molecule has 0 aromatic carbocycles. The van der Waals surface area contributed by atoms with Crippen LogP contribution in [-0.2, 0) is 7.05 Å². The Kier molecular flexibility index (Phi) is 3.62. The zero-order valence-electron chi connectivity index (χ0n) is 14.2. The van der Waals surface area contributed by atoms with E-state index in [1.807, 2.05) is 11.7 Å². The minimum Gasteiger partial charge on any atom is -0.298 e. The number of fused-ring (bicyclic) bond motifs is 1. The van der Waals surface area contributed by atoms with E-state index in [2.05, 4.69) is 32.4 Å². The highest BCUT2D eigenvalue weighted by Gasteiger charge is 2.46. The lowest BCUT2D eigenvalue weighted by molar-refractivity contribution is 0.204. The number of aryl methyl sites for hydroxylation is 1. The van der Waals surface area contributed by atoms with Crippen molar-refractivity contribution in [1.82, 2.24) is 30.9 Å². The first kappa shape index (κ1) is 15.4. The van der Waals surface area contributed by atoms with Gasteiger partial charge in [-0.25, -0.2) is 9.82 Å². The molecule has 4 unspecified atom stereocenters. The van der Waals surface area contributed by atoms with Gasteiger partial charge in [0, 0.05) is 37.3 Å². The highest BCUT2D eigenvalue weighted by Crippen LogP contribution is 2.45. The average Bonchev–Trinajstić information content (AvgIpc) is 3.23. The summed E-state index contributed by atoms with van der Waals surface area (Å²) in [7, 11) is 1.94. The number of pyridine rings is 1. The van der Waals surface area contributed by atoms with E-state index >= 15 is 0 Å². The van der Waals surface area contributed by atoms with Gasteiger partial charge in [-0.2, -0.15) is 5.10 Å². The largest absolute Gasteiger partial charge is 0.298 e. The van der Waals surface area contributed by atoms with E-state index in [9.17, 15) is 4.39 Å². The molecule has 5 rings (SSSR count). The fraction of sp³-hybridized carbons (Fsp3) is 0.556. The molecule has 3 N–H and O–H groups in total. The number of hydrogen-bond donors (Lipinski definition) is 3. The van der Waals surface area contributed by atoms with Gasteiger partial charge in [-0.3, -0.25) is 20.4 Å². The maximum absolute atomic E-state index is 13.3. The second-order valence-electron chi connectivity index (χ2n) is 7.59. The number of hydrogen-bond acceptors (Lipinski definition) is 5. The van der Waals surface area contributed by atoms with E-state index in [1.165, 1.54) is 30.7 Å². The number of rotatable bonds is 3. The van der Waals surface area contributed by atoms with Crippen molar-refractivity contribution in [3.8, 4) is 11.4 Å². The summed E-state index contributed by atoms with van der Waals surface area (Å²) in [6.45, 7) is 0.935. The molecule has 1 saturated carbocycles. The Bertz CT molecular complexity index is 768. The van der Waals surface area contributed by atoms with E-state index in [0.717, 1.165) is 30.3 Å². The molecular weight excluding hydrogens is 319 g/mol. The van der Waals surface area contributed by atoms with E-state index in [0.29, 0.717) is 24.0 Å². The molecular formula is C18H23FN6. The summed E-state index contributed by atoms with van der Waals surface area (Å²) in [5.41, 5.74) is 9.56. The zero-order valence-corrected chi connectivity index (χ0v) is 14.2. The van der Waals surface area contributed by atoms with Crippen LogP contribution in [0.2, 0.25) is 0 Å². The second kappa shape index (κ2) is 5.86. The Morgan fingerprint density at radius 3 is 2.92 bits per heavy atom. The van der Waals surface area contributed by atoms with Gasteiger partial charge in [-0.15, -0.1) is 0 Å². The van der Waals surface area contributed by atoms with E-state index in [1.54, 1.807) is 6.07 Å². The third-order valence-electron chi connectivity index (χ3n) is 5.86. The van der Waals surface area contributed by atoms with Gasteiger partial charge in [0.2, 0.25) is 0 Å². The molecule has 0 bridgehead atoms. The van der Waals surface area contributed by atoms with Crippen molar-refractivity contribution >= 4 is 0 Å². The van der Waals surface area contributed by atoms with Gasteiger partial charge in [0.05, 0.1) is 18.1 Å². The van der Waals surface area contributed by atoms with Crippen LogP contribution in [0.4, 0.5) is 4.39 Å². The van der Waals surface area contributed by atoms with Crippen molar-refractivity contribution in [2.24, 2.45) is 18.9 Å². The SMILES string of the molecule is Cn1cc(C2CC(C3CC3)NC3NNCC32)c(-c2ccc(F)cn2)n1. The van der Waals surface area contributed by atoms with E-state index < -0.39 is 0 Å². The van der Waals surface area contributed by atoms with Gasteiger partial charge in [0.25, 0.3) is 0 Å². The fourth-order valence-electron chi connectivity index (χ4n) is 4.48. The van der Waals surface area contributed by atoms with Crippen molar-refractivity contribution in [2.75, 3.05) is 6.54 Å². The monoisotopic (exact) mass is 342 g/mol. The van der Waals surface area contributed by atoms with Crippen LogP contribution in [-0.4, -0.2) is 33.5 Å². The number of piperidine rings is 1. The summed E-state index contributed by atoms with van der Waals surface area (Å²) in [6, 6.07) is 3.73. The third kappa shape index (κ3) is 2.76. The molecule has 2 aromatic rings. The lowest BCUT2D eigenvalue weighted by Crippen LogP contribution is -2.55. The van der Waals surface area contributed by atoms with Crippen LogP contribution in [0.3, 0.4) is 0 Å². The minimum absolute atomic E-state index is 0.290. The molecule has 4 atom stereocenters. The molecule has 3 fully saturated rings. The molecule has 3 aliphatic rings. The summed E-state index contributed by atoms with van der Waals surface area (Å²) in [4.78, 5) is 4.27. The molecule has 4 heterocycles.